The van der Waals surface area contributed by atoms with Crippen molar-refractivity contribution in [1.29, 1.82) is 5.26 Å². The van der Waals surface area contributed by atoms with E-state index in [0.29, 0.717) is 5.56 Å². The van der Waals surface area contributed by atoms with Gasteiger partial charge in [0, 0.05) is 17.5 Å². The first kappa shape index (κ1) is 17.6. The van der Waals surface area contributed by atoms with Crippen molar-refractivity contribution in [2.75, 3.05) is 7.11 Å². The summed E-state index contributed by atoms with van der Waals surface area (Å²) in [7, 11) is 1.65. The molecule has 0 bridgehead atoms. The first-order valence-electron chi connectivity index (χ1n) is 8.78. The van der Waals surface area contributed by atoms with Crippen molar-refractivity contribution in [2.45, 2.75) is 18.4 Å². The average molecular weight is 420 g/mol. The van der Waals surface area contributed by atoms with Crippen molar-refractivity contribution in [3.8, 4) is 17.6 Å². The SMILES string of the molecule is COc1cc2c(cc1Br)[C@@H](c1ccc(C#N)cc1)C[C@@H](c1ccccc1)O2. The fourth-order valence-electron chi connectivity index (χ4n) is 3.60. The maximum absolute atomic E-state index is 9.09. The quantitative estimate of drug-likeness (QED) is 0.523. The Hall–Kier alpha value is -2.77. The van der Waals surface area contributed by atoms with Crippen molar-refractivity contribution in [3.05, 3.63) is 93.5 Å². The second kappa shape index (κ2) is 7.46. The van der Waals surface area contributed by atoms with Crippen molar-refractivity contribution in [1.82, 2.24) is 0 Å². The predicted octanol–water partition coefficient (Wildman–Crippen LogP) is 5.99. The molecule has 0 N–H and O–H groups in total. The summed E-state index contributed by atoms with van der Waals surface area (Å²) < 4.78 is 12.7. The third-order valence-electron chi connectivity index (χ3n) is 4.99. The highest BCUT2D eigenvalue weighted by atomic mass is 79.9. The Bertz CT molecular complexity index is 993. The Kier molecular flexibility index (Phi) is 4.87. The molecular formula is C23H18BrNO2. The Morgan fingerprint density at radius 1 is 1.04 bits per heavy atom. The standard InChI is InChI=1S/C23H18BrNO2/c1-26-23-13-22-19(11-20(23)24)18(16-9-7-15(14-25)8-10-16)12-21(27-22)17-5-3-2-4-6-17/h2-11,13,18,21H,12H2,1H3/t18-,21+/m1/s1. The van der Waals surface area contributed by atoms with E-state index in [9.17, 15) is 0 Å². The molecule has 2 atom stereocenters. The molecule has 0 spiro atoms. The molecule has 3 aromatic carbocycles. The molecule has 27 heavy (non-hydrogen) atoms. The topological polar surface area (TPSA) is 42.2 Å². The van der Waals surface area contributed by atoms with Crippen LogP contribution in [0.2, 0.25) is 0 Å². The highest BCUT2D eigenvalue weighted by Crippen LogP contribution is 2.48. The minimum absolute atomic E-state index is 0.0368. The van der Waals surface area contributed by atoms with Gasteiger partial charge in [-0.3, -0.25) is 0 Å². The fourth-order valence-corrected chi connectivity index (χ4v) is 4.12. The number of nitriles is 1. The molecule has 134 valence electrons. The van der Waals surface area contributed by atoms with Crippen LogP contribution in [0.1, 0.15) is 40.7 Å². The van der Waals surface area contributed by atoms with Crippen LogP contribution in [0.5, 0.6) is 11.5 Å². The van der Waals surface area contributed by atoms with Crippen LogP contribution >= 0.6 is 15.9 Å². The summed E-state index contributed by atoms with van der Waals surface area (Å²) in [6.45, 7) is 0. The van der Waals surface area contributed by atoms with E-state index in [4.69, 9.17) is 14.7 Å². The Balaban J connectivity index is 1.81. The molecule has 1 aliphatic heterocycles. The number of fused-ring (bicyclic) bond motifs is 1. The third kappa shape index (κ3) is 3.43. The van der Waals surface area contributed by atoms with Crippen LogP contribution in [0.15, 0.2) is 71.2 Å². The Morgan fingerprint density at radius 3 is 2.44 bits per heavy atom. The van der Waals surface area contributed by atoms with E-state index in [1.165, 1.54) is 5.56 Å². The average Bonchev–Trinajstić information content (AvgIpc) is 2.73. The number of halogens is 1. The Morgan fingerprint density at radius 2 is 1.78 bits per heavy atom. The molecule has 0 unspecified atom stereocenters. The van der Waals surface area contributed by atoms with Gasteiger partial charge >= 0.3 is 0 Å². The molecule has 0 saturated heterocycles. The summed E-state index contributed by atoms with van der Waals surface area (Å²) in [4.78, 5) is 0. The lowest BCUT2D eigenvalue weighted by molar-refractivity contribution is 0.166. The van der Waals surface area contributed by atoms with E-state index in [-0.39, 0.29) is 12.0 Å². The molecule has 1 aliphatic rings. The van der Waals surface area contributed by atoms with Gasteiger partial charge in [0.2, 0.25) is 0 Å². The summed E-state index contributed by atoms with van der Waals surface area (Å²) in [5.41, 5.74) is 4.13. The lowest BCUT2D eigenvalue weighted by Crippen LogP contribution is -2.20. The smallest absolute Gasteiger partial charge is 0.136 e. The van der Waals surface area contributed by atoms with Crippen LogP contribution < -0.4 is 9.47 Å². The fraction of sp³-hybridized carbons (Fsp3) is 0.174. The molecule has 0 fully saturated rings. The molecule has 3 aromatic rings. The third-order valence-corrected chi connectivity index (χ3v) is 5.61. The summed E-state index contributed by atoms with van der Waals surface area (Å²) in [5, 5.41) is 9.09. The highest BCUT2D eigenvalue weighted by molar-refractivity contribution is 9.10. The van der Waals surface area contributed by atoms with Crippen molar-refractivity contribution >= 4 is 15.9 Å². The molecule has 3 nitrogen and oxygen atoms in total. The maximum Gasteiger partial charge on any atom is 0.136 e. The molecule has 0 radical (unpaired) electrons. The number of rotatable bonds is 3. The summed E-state index contributed by atoms with van der Waals surface area (Å²) >= 11 is 3.59. The van der Waals surface area contributed by atoms with Crippen molar-refractivity contribution in [3.63, 3.8) is 0 Å². The lowest BCUT2D eigenvalue weighted by Gasteiger charge is -2.33. The van der Waals surface area contributed by atoms with Crippen LogP contribution in [-0.2, 0) is 0 Å². The zero-order chi connectivity index (χ0) is 18.8. The van der Waals surface area contributed by atoms with Gasteiger partial charge in [0.25, 0.3) is 0 Å². The number of ether oxygens (including phenoxy) is 2. The molecule has 0 saturated carbocycles. The van der Waals surface area contributed by atoms with E-state index in [1.807, 2.05) is 48.5 Å². The zero-order valence-corrected chi connectivity index (χ0v) is 16.4. The first-order valence-corrected chi connectivity index (χ1v) is 9.58. The summed E-state index contributed by atoms with van der Waals surface area (Å²) in [6, 6.07) is 24.3. The van der Waals surface area contributed by atoms with Gasteiger partial charge in [-0.15, -0.1) is 0 Å². The first-order chi connectivity index (χ1) is 13.2. The van der Waals surface area contributed by atoms with Crippen LogP contribution in [0.3, 0.4) is 0 Å². The van der Waals surface area contributed by atoms with Gasteiger partial charge in [0.1, 0.15) is 17.6 Å². The second-order valence-electron chi connectivity index (χ2n) is 6.56. The van der Waals surface area contributed by atoms with E-state index in [1.54, 1.807) is 7.11 Å². The van der Waals surface area contributed by atoms with E-state index in [2.05, 4.69) is 40.2 Å². The molecule has 4 rings (SSSR count). The normalized spacial score (nSPS) is 18.1. The predicted molar refractivity (Wildman–Crippen MR) is 108 cm³/mol. The minimum Gasteiger partial charge on any atom is -0.495 e. The van der Waals surface area contributed by atoms with Gasteiger partial charge in [-0.05, 0) is 51.7 Å². The molecule has 1 heterocycles. The molecule has 0 amide bonds. The lowest BCUT2D eigenvalue weighted by atomic mass is 9.82. The van der Waals surface area contributed by atoms with Gasteiger partial charge in [0.15, 0.2) is 0 Å². The van der Waals surface area contributed by atoms with Crippen LogP contribution in [0.25, 0.3) is 0 Å². The molecule has 4 heteroatoms. The highest BCUT2D eigenvalue weighted by Gasteiger charge is 2.31. The molecule has 0 aliphatic carbocycles. The maximum atomic E-state index is 9.09. The summed E-state index contributed by atoms with van der Waals surface area (Å²) in [6.07, 6.45) is 0.798. The monoisotopic (exact) mass is 419 g/mol. The van der Waals surface area contributed by atoms with E-state index >= 15 is 0 Å². The molecular weight excluding hydrogens is 402 g/mol. The number of hydrogen-bond donors (Lipinski definition) is 0. The van der Waals surface area contributed by atoms with Gasteiger partial charge in [-0.2, -0.15) is 5.26 Å². The largest absolute Gasteiger partial charge is 0.495 e. The van der Waals surface area contributed by atoms with Crippen LogP contribution in [-0.4, -0.2) is 7.11 Å². The van der Waals surface area contributed by atoms with Crippen LogP contribution in [0, 0.1) is 11.3 Å². The van der Waals surface area contributed by atoms with Crippen LogP contribution in [0.4, 0.5) is 0 Å². The minimum atomic E-state index is -0.0368. The number of methoxy groups -OCH3 is 1. The zero-order valence-electron chi connectivity index (χ0n) is 14.9. The van der Waals surface area contributed by atoms with Gasteiger partial charge in [0.05, 0.1) is 23.2 Å². The number of nitrogens with zero attached hydrogens (tertiary/aromatic N) is 1. The van der Waals surface area contributed by atoms with Crippen molar-refractivity contribution in [2.24, 2.45) is 0 Å². The molecule has 0 aromatic heterocycles. The van der Waals surface area contributed by atoms with Gasteiger partial charge < -0.3 is 9.47 Å². The van der Waals surface area contributed by atoms with E-state index < -0.39 is 0 Å². The second-order valence-corrected chi connectivity index (χ2v) is 7.42. The number of benzene rings is 3. The van der Waals surface area contributed by atoms with Gasteiger partial charge in [-0.25, -0.2) is 0 Å². The summed E-state index contributed by atoms with van der Waals surface area (Å²) in [5.74, 6) is 1.76. The van der Waals surface area contributed by atoms with Gasteiger partial charge in [-0.1, -0.05) is 42.5 Å². The Labute approximate surface area is 167 Å². The van der Waals surface area contributed by atoms with E-state index in [0.717, 1.165) is 33.5 Å². The number of hydrogen-bond acceptors (Lipinski definition) is 3. The van der Waals surface area contributed by atoms with Crippen molar-refractivity contribution < 1.29 is 9.47 Å².